The Labute approximate surface area is 126 Å². The van der Waals surface area contributed by atoms with E-state index in [9.17, 15) is 4.79 Å². The van der Waals surface area contributed by atoms with E-state index in [0.717, 1.165) is 37.0 Å². The van der Waals surface area contributed by atoms with Crippen LogP contribution in [0.5, 0.6) is 0 Å². The lowest BCUT2D eigenvalue weighted by Gasteiger charge is -2.23. The summed E-state index contributed by atoms with van der Waals surface area (Å²) in [6.07, 6.45) is 5.91. The first kappa shape index (κ1) is 14.2. The third-order valence-electron chi connectivity index (χ3n) is 4.71. The van der Waals surface area contributed by atoms with Crippen molar-refractivity contribution in [2.75, 3.05) is 13.1 Å². The van der Waals surface area contributed by atoms with E-state index in [-0.39, 0.29) is 5.91 Å². The van der Waals surface area contributed by atoms with Crippen LogP contribution in [0.25, 0.3) is 10.9 Å². The first-order valence-electron chi connectivity index (χ1n) is 7.88. The number of nitrogens with zero attached hydrogens (tertiary/aromatic N) is 1. The van der Waals surface area contributed by atoms with Gasteiger partial charge in [0.2, 0.25) is 5.91 Å². The molecule has 0 atom stereocenters. The predicted molar refractivity (Wildman–Crippen MR) is 86.2 cm³/mol. The van der Waals surface area contributed by atoms with Gasteiger partial charge in [0.15, 0.2) is 0 Å². The van der Waals surface area contributed by atoms with Gasteiger partial charge in [-0.15, -0.1) is 0 Å². The van der Waals surface area contributed by atoms with Crippen LogP contribution >= 0.6 is 0 Å². The second-order valence-corrected chi connectivity index (χ2v) is 6.93. The van der Waals surface area contributed by atoms with Crippen LogP contribution in [-0.2, 0) is 11.2 Å². The maximum atomic E-state index is 12.6. The van der Waals surface area contributed by atoms with Gasteiger partial charge in [0, 0.05) is 30.2 Å². The molecule has 0 radical (unpaired) electrons. The number of benzene rings is 1. The van der Waals surface area contributed by atoms with E-state index in [2.05, 4.69) is 35.9 Å². The standard InChI is InChI=1S/C18H24N2O/c1-18(2)8-5-10-20(11-9-18)17(21)12-14-13-19-16-7-4-3-6-15(14)16/h3-4,6-7,13,19H,5,8-12H2,1-2H3. The molecule has 0 bridgehead atoms. The Hall–Kier alpha value is -1.77. The molecule has 1 aliphatic heterocycles. The molecule has 1 aromatic carbocycles. The van der Waals surface area contributed by atoms with Crippen molar-refractivity contribution in [2.45, 2.75) is 39.5 Å². The van der Waals surface area contributed by atoms with Gasteiger partial charge in [-0.25, -0.2) is 0 Å². The Kier molecular flexibility index (Phi) is 3.75. The van der Waals surface area contributed by atoms with Crippen LogP contribution in [-0.4, -0.2) is 28.9 Å². The van der Waals surface area contributed by atoms with Crippen LogP contribution in [0.2, 0.25) is 0 Å². The summed E-state index contributed by atoms with van der Waals surface area (Å²) < 4.78 is 0. The molecule has 1 aliphatic rings. The highest BCUT2D eigenvalue weighted by Gasteiger charge is 2.25. The van der Waals surface area contributed by atoms with Crippen molar-refractivity contribution in [3.05, 3.63) is 36.0 Å². The van der Waals surface area contributed by atoms with E-state index in [1.165, 1.54) is 11.8 Å². The number of amides is 1. The van der Waals surface area contributed by atoms with Crippen LogP contribution in [0.1, 0.15) is 38.7 Å². The van der Waals surface area contributed by atoms with Gasteiger partial charge in [-0.2, -0.15) is 0 Å². The van der Waals surface area contributed by atoms with Crippen molar-refractivity contribution in [1.29, 1.82) is 0 Å². The number of rotatable bonds is 2. The minimum atomic E-state index is 0.262. The van der Waals surface area contributed by atoms with Crippen molar-refractivity contribution >= 4 is 16.8 Å². The molecule has 3 nitrogen and oxygen atoms in total. The maximum absolute atomic E-state index is 12.6. The number of carbonyl (C=O) groups excluding carboxylic acids is 1. The summed E-state index contributed by atoms with van der Waals surface area (Å²) in [7, 11) is 0. The number of hydrogen-bond donors (Lipinski definition) is 1. The lowest BCUT2D eigenvalue weighted by atomic mass is 9.85. The Morgan fingerprint density at radius 2 is 2.05 bits per heavy atom. The first-order valence-corrected chi connectivity index (χ1v) is 7.88. The fourth-order valence-electron chi connectivity index (χ4n) is 3.22. The molecule has 3 heteroatoms. The molecule has 1 amide bonds. The highest BCUT2D eigenvalue weighted by molar-refractivity contribution is 5.88. The molecule has 3 rings (SSSR count). The van der Waals surface area contributed by atoms with Crippen LogP contribution in [0.4, 0.5) is 0 Å². The topological polar surface area (TPSA) is 36.1 Å². The molecule has 0 aliphatic carbocycles. The minimum absolute atomic E-state index is 0.262. The van der Waals surface area contributed by atoms with E-state index in [4.69, 9.17) is 0 Å². The molecule has 0 saturated carbocycles. The van der Waals surface area contributed by atoms with Crippen molar-refractivity contribution in [1.82, 2.24) is 9.88 Å². The third-order valence-corrected chi connectivity index (χ3v) is 4.71. The smallest absolute Gasteiger partial charge is 0.227 e. The highest BCUT2D eigenvalue weighted by atomic mass is 16.2. The van der Waals surface area contributed by atoms with Gasteiger partial charge in [0.25, 0.3) is 0 Å². The van der Waals surface area contributed by atoms with Crippen LogP contribution in [0, 0.1) is 5.41 Å². The molecular formula is C18H24N2O. The summed E-state index contributed by atoms with van der Waals surface area (Å²) in [6.45, 7) is 6.42. The third kappa shape index (κ3) is 3.12. The zero-order chi connectivity index (χ0) is 14.9. The van der Waals surface area contributed by atoms with Crippen molar-refractivity contribution in [3.8, 4) is 0 Å². The molecule has 2 aromatic rings. The number of aromatic amines is 1. The second-order valence-electron chi connectivity index (χ2n) is 6.93. The number of nitrogens with one attached hydrogen (secondary N) is 1. The lowest BCUT2D eigenvalue weighted by Crippen LogP contribution is -2.33. The Morgan fingerprint density at radius 1 is 1.24 bits per heavy atom. The molecule has 1 fully saturated rings. The minimum Gasteiger partial charge on any atom is -0.361 e. The van der Waals surface area contributed by atoms with Gasteiger partial charge in [-0.1, -0.05) is 32.0 Å². The van der Waals surface area contributed by atoms with Gasteiger partial charge in [0.05, 0.1) is 6.42 Å². The van der Waals surface area contributed by atoms with E-state index in [0.29, 0.717) is 11.8 Å². The van der Waals surface area contributed by atoms with Gasteiger partial charge in [-0.05, 0) is 36.3 Å². The van der Waals surface area contributed by atoms with E-state index in [1.807, 2.05) is 18.3 Å². The monoisotopic (exact) mass is 284 g/mol. The highest BCUT2D eigenvalue weighted by Crippen LogP contribution is 2.30. The average molecular weight is 284 g/mol. The SMILES string of the molecule is CC1(C)CCCN(C(=O)Cc2c[nH]c3ccccc23)CC1. The summed E-state index contributed by atoms with van der Waals surface area (Å²) in [5.41, 5.74) is 2.59. The molecule has 112 valence electrons. The van der Waals surface area contributed by atoms with Gasteiger partial charge in [0.1, 0.15) is 0 Å². The van der Waals surface area contributed by atoms with Gasteiger partial charge < -0.3 is 9.88 Å². The van der Waals surface area contributed by atoms with Gasteiger partial charge in [-0.3, -0.25) is 4.79 Å². The Morgan fingerprint density at radius 3 is 2.90 bits per heavy atom. The number of fused-ring (bicyclic) bond motifs is 1. The summed E-state index contributed by atoms with van der Waals surface area (Å²) in [4.78, 5) is 17.9. The van der Waals surface area contributed by atoms with Crippen LogP contribution in [0.3, 0.4) is 0 Å². The van der Waals surface area contributed by atoms with Crippen LogP contribution in [0.15, 0.2) is 30.5 Å². The van der Waals surface area contributed by atoms with Gasteiger partial charge >= 0.3 is 0 Å². The predicted octanol–water partition coefficient (Wildman–Crippen LogP) is 3.75. The van der Waals surface area contributed by atoms with Crippen molar-refractivity contribution < 1.29 is 4.79 Å². The zero-order valence-corrected chi connectivity index (χ0v) is 13.0. The molecule has 2 heterocycles. The number of para-hydroxylation sites is 1. The summed E-state index contributed by atoms with van der Waals surface area (Å²) >= 11 is 0. The van der Waals surface area contributed by atoms with Crippen molar-refractivity contribution in [3.63, 3.8) is 0 Å². The summed E-state index contributed by atoms with van der Waals surface area (Å²) in [5, 5.41) is 1.17. The van der Waals surface area contributed by atoms with E-state index in [1.54, 1.807) is 0 Å². The van der Waals surface area contributed by atoms with E-state index >= 15 is 0 Å². The lowest BCUT2D eigenvalue weighted by molar-refractivity contribution is -0.130. The Bertz CT molecular complexity index is 641. The summed E-state index contributed by atoms with van der Waals surface area (Å²) in [6, 6.07) is 8.18. The van der Waals surface area contributed by atoms with E-state index < -0.39 is 0 Å². The molecular weight excluding hydrogens is 260 g/mol. The first-order chi connectivity index (χ1) is 10.1. The normalized spacial score (nSPS) is 18.7. The largest absolute Gasteiger partial charge is 0.361 e. The second kappa shape index (κ2) is 5.55. The molecule has 1 saturated heterocycles. The molecule has 0 spiro atoms. The van der Waals surface area contributed by atoms with Crippen molar-refractivity contribution in [2.24, 2.45) is 5.41 Å². The number of H-pyrrole nitrogens is 1. The maximum Gasteiger partial charge on any atom is 0.227 e. The quantitative estimate of drug-likeness (QED) is 0.895. The fourth-order valence-corrected chi connectivity index (χ4v) is 3.22. The molecule has 21 heavy (non-hydrogen) atoms. The zero-order valence-electron chi connectivity index (χ0n) is 13.0. The summed E-state index contributed by atoms with van der Waals surface area (Å²) in [5.74, 6) is 0.262. The number of aromatic nitrogens is 1. The molecule has 1 N–H and O–H groups in total. The molecule has 1 aromatic heterocycles. The molecule has 0 unspecified atom stereocenters. The number of carbonyl (C=O) groups is 1. The average Bonchev–Trinajstić information content (AvgIpc) is 2.76. The number of hydrogen-bond acceptors (Lipinski definition) is 1. The number of likely N-dealkylation sites (tertiary alicyclic amines) is 1. The fraction of sp³-hybridized carbons (Fsp3) is 0.500. The van der Waals surface area contributed by atoms with Crippen LogP contribution < -0.4 is 0 Å². The Balaban J connectivity index is 1.71.